The lowest BCUT2D eigenvalue weighted by Crippen LogP contribution is -2.55. The smallest absolute Gasteiger partial charge is 0.251 e. The van der Waals surface area contributed by atoms with Gasteiger partial charge in [-0.15, -0.1) is 0 Å². The van der Waals surface area contributed by atoms with Crippen LogP contribution < -0.4 is 5.32 Å². The van der Waals surface area contributed by atoms with Gasteiger partial charge in [0.15, 0.2) is 0 Å². The molecular formula is C21H23NO2. The summed E-state index contributed by atoms with van der Waals surface area (Å²) in [4.78, 5) is 12.7. The second-order valence-corrected chi connectivity index (χ2v) is 7.98. The highest BCUT2D eigenvalue weighted by Gasteiger charge is 2.48. The van der Waals surface area contributed by atoms with Gasteiger partial charge >= 0.3 is 0 Å². The van der Waals surface area contributed by atoms with Crippen LogP contribution in [-0.2, 0) is 0 Å². The zero-order valence-electron chi connectivity index (χ0n) is 13.8. The highest BCUT2D eigenvalue weighted by molar-refractivity contribution is 5.94. The minimum absolute atomic E-state index is 0.0819. The van der Waals surface area contributed by atoms with Crippen molar-refractivity contribution in [2.24, 2.45) is 23.7 Å². The first-order valence-corrected chi connectivity index (χ1v) is 9.21. The summed E-state index contributed by atoms with van der Waals surface area (Å²) in [6, 6.07) is 11.9. The molecule has 4 aliphatic carbocycles. The van der Waals surface area contributed by atoms with Gasteiger partial charge in [0, 0.05) is 17.2 Å². The van der Waals surface area contributed by atoms with Crippen molar-refractivity contribution in [1.82, 2.24) is 5.32 Å². The molecule has 1 aromatic heterocycles. The third-order valence-electron chi connectivity index (χ3n) is 6.48. The maximum atomic E-state index is 12.7. The Morgan fingerprint density at radius 1 is 0.917 bits per heavy atom. The largest absolute Gasteiger partial charge is 0.464 e. The van der Waals surface area contributed by atoms with Crippen LogP contribution in [0, 0.1) is 23.7 Å². The molecule has 0 spiro atoms. The average Bonchev–Trinajstić information content (AvgIpc) is 3.12. The minimum atomic E-state index is 0.0819. The molecule has 2 aromatic rings. The predicted molar refractivity (Wildman–Crippen MR) is 92.4 cm³/mol. The standard InChI is InChI=1S/C21H23NO2/c23-21(16-5-3-15(4-6-16)19-2-1-7-24-19)22-20-17-9-13-8-14(11-17)12-18(20)10-13/h1-7,13-14,17-18,20H,8-12H2,(H,22,23). The molecule has 3 nitrogen and oxygen atoms in total. The monoisotopic (exact) mass is 321 g/mol. The molecule has 0 aliphatic heterocycles. The molecule has 3 heteroatoms. The van der Waals surface area contributed by atoms with Crippen LogP contribution in [-0.4, -0.2) is 11.9 Å². The number of rotatable bonds is 3. The van der Waals surface area contributed by atoms with Crippen LogP contribution in [0.3, 0.4) is 0 Å². The first kappa shape index (κ1) is 14.3. The van der Waals surface area contributed by atoms with Crippen LogP contribution in [0.5, 0.6) is 0 Å². The lowest BCUT2D eigenvalue weighted by Gasteiger charge is -2.54. The lowest BCUT2D eigenvalue weighted by molar-refractivity contribution is -0.0119. The van der Waals surface area contributed by atoms with Crippen molar-refractivity contribution in [1.29, 1.82) is 0 Å². The summed E-state index contributed by atoms with van der Waals surface area (Å²) >= 11 is 0. The summed E-state index contributed by atoms with van der Waals surface area (Å²) in [5.74, 6) is 4.23. The summed E-state index contributed by atoms with van der Waals surface area (Å²) in [6.07, 6.45) is 8.43. The van der Waals surface area contributed by atoms with E-state index in [2.05, 4.69) is 5.32 Å². The molecule has 24 heavy (non-hydrogen) atoms. The number of hydrogen-bond acceptors (Lipinski definition) is 2. The van der Waals surface area contributed by atoms with Crippen LogP contribution in [0.4, 0.5) is 0 Å². The molecule has 1 amide bonds. The van der Waals surface area contributed by atoms with Crippen molar-refractivity contribution >= 4 is 5.91 Å². The van der Waals surface area contributed by atoms with Gasteiger partial charge in [0.2, 0.25) is 0 Å². The Kier molecular flexibility index (Phi) is 3.29. The van der Waals surface area contributed by atoms with E-state index < -0.39 is 0 Å². The molecule has 1 N–H and O–H groups in total. The molecule has 4 fully saturated rings. The molecule has 0 radical (unpaired) electrons. The van der Waals surface area contributed by atoms with E-state index in [1.165, 1.54) is 32.1 Å². The number of amides is 1. The van der Waals surface area contributed by atoms with E-state index in [-0.39, 0.29) is 5.91 Å². The molecule has 124 valence electrons. The first-order valence-electron chi connectivity index (χ1n) is 9.21. The molecule has 6 rings (SSSR count). The fourth-order valence-electron chi connectivity index (χ4n) is 5.62. The van der Waals surface area contributed by atoms with Crippen molar-refractivity contribution in [3.8, 4) is 11.3 Å². The highest BCUT2D eigenvalue weighted by atomic mass is 16.3. The van der Waals surface area contributed by atoms with Crippen LogP contribution in [0.1, 0.15) is 42.5 Å². The average molecular weight is 321 g/mol. The second-order valence-electron chi connectivity index (χ2n) is 7.98. The summed E-state index contributed by atoms with van der Waals surface area (Å²) < 4.78 is 5.41. The Balaban J connectivity index is 1.30. The van der Waals surface area contributed by atoms with Crippen molar-refractivity contribution in [2.45, 2.75) is 38.1 Å². The van der Waals surface area contributed by atoms with Crippen molar-refractivity contribution in [2.75, 3.05) is 0 Å². The van der Waals surface area contributed by atoms with Gasteiger partial charge in [0.25, 0.3) is 5.91 Å². The Morgan fingerprint density at radius 3 is 2.17 bits per heavy atom. The summed E-state index contributed by atoms with van der Waals surface area (Å²) in [5, 5.41) is 3.37. The Morgan fingerprint density at radius 2 is 1.58 bits per heavy atom. The third kappa shape index (κ3) is 2.38. The number of carbonyl (C=O) groups excluding carboxylic acids is 1. The fourth-order valence-corrected chi connectivity index (χ4v) is 5.62. The highest BCUT2D eigenvalue weighted by Crippen LogP contribution is 2.53. The number of benzene rings is 1. The van der Waals surface area contributed by atoms with Crippen LogP contribution in [0.25, 0.3) is 11.3 Å². The third-order valence-corrected chi connectivity index (χ3v) is 6.48. The predicted octanol–water partition coefficient (Wildman–Crippen LogP) is 4.50. The topological polar surface area (TPSA) is 42.2 Å². The molecule has 4 aliphatic rings. The molecule has 1 heterocycles. The van der Waals surface area contributed by atoms with E-state index in [0.717, 1.165) is 28.7 Å². The first-order chi connectivity index (χ1) is 11.8. The molecule has 4 bridgehead atoms. The summed E-state index contributed by atoms with van der Waals surface area (Å²) in [6.45, 7) is 0. The number of furan rings is 1. The minimum Gasteiger partial charge on any atom is -0.464 e. The van der Waals surface area contributed by atoms with E-state index in [4.69, 9.17) is 4.42 Å². The van der Waals surface area contributed by atoms with Crippen LogP contribution in [0.2, 0.25) is 0 Å². The SMILES string of the molecule is O=C(NC1C2CC3CC(C2)CC1C3)c1ccc(-c2ccco2)cc1. The number of carbonyl (C=O) groups is 1. The quantitative estimate of drug-likeness (QED) is 0.904. The summed E-state index contributed by atoms with van der Waals surface area (Å²) in [5.41, 5.74) is 1.75. The normalized spacial score (nSPS) is 33.6. The maximum Gasteiger partial charge on any atom is 0.251 e. The molecule has 0 saturated heterocycles. The van der Waals surface area contributed by atoms with E-state index in [1.54, 1.807) is 6.26 Å². The molecular weight excluding hydrogens is 298 g/mol. The van der Waals surface area contributed by atoms with Crippen molar-refractivity contribution < 1.29 is 9.21 Å². The van der Waals surface area contributed by atoms with Gasteiger partial charge in [0.1, 0.15) is 5.76 Å². The van der Waals surface area contributed by atoms with Crippen molar-refractivity contribution in [3.63, 3.8) is 0 Å². The summed E-state index contributed by atoms with van der Waals surface area (Å²) in [7, 11) is 0. The van der Waals surface area contributed by atoms with Gasteiger partial charge in [-0.05, 0) is 80.0 Å². The number of nitrogens with one attached hydrogen (secondary N) is 1. The van der Waals surface area contributed by atoms with E-state index >= 15 is 0 Å². The Bertz CT molecular complexity index is 704. The zero-order valence-corrected chi connectivity index (χ0v) is 13.8. The van der Waals surface area contributed by atoms with Crippen LogP contribution in [0.15, 0.2) is 47.1 Å². The van der Waals surface area contributed by atoms with E-state index in [0.29, 0.717) is 17.9 Å². The maximum absolute atomic E-state index is 12.7. The van der Waals surface area contributed by atoms with Gasteiger partial charge in [-0.3, -0.25) is 4.79 Å². The molecule has 1 aromatic carbocycles. The van der Waals surface area contributed by atoms with Crippen LogP contribution >= 0.6 is 0 Å². The van der Waals surface area contributed by atoms with Gasteiger partial charge in [-0.1, -0.05) is 12.1 Å². The van der Waals surface area contributed by atoms with E-state index in [9.17, 15) is 4.79 Å². The van der Waals surface area contributed by atoms with Crippen molar-refractivity contribution in [3.05, 3.63) is 48.2 Å². The Hall–Kier alpha value is -2.03. The zero-order chi connectivity index (χ0) is 16.1. The van der Waals surface area contributed by atoms with Gasteiger partial charge in [-0.25, -0.2) is 0 Å². The van der Waals surface area contributed by atoms with E-state index in [1.807, 2.05) is 36.4 Å². The second kappa shape index (κ2) is 5.51. The molecule has 4 saturated carbocycles. The fraction of sp³-hybridized carbons (Fsp3) is 0.476. The van der Waals surface area contributed by atoms with Gasteiger partial charge in [0.05, 0.1) is 6.26 Å². The Labute approximate surface area is 142 Å². The number of hydrogen-bond donors (Lipinski definition) is 1. The lowest BCUT2D eigenvalue weighted by atomic mass is 9.54. The van der Waals surface area contributed by atoms with Gasteiger partial charge < -0.3 is 9.73 Å². The molecule has 0 unspecified atom stereocenters. The van der Waals surface area contributed by atoms with Gasteiger partial charge in [-0.2, -0.15) is 0 Å². The molecule has 0 atom stereocenters.